The summed E-state index contributed by atoms with van der Waals surface area (Å²) in [6.07, 6.45) is 3.13. The Balaban J connectivity index is 1.84. The van der Waals surface area contributed by atoms with Crippen molar-refractivity contribution in [1.29, 1.82) is 0 Å². The number of halogens is 4. The van der Waals surface area contributed by atoms with Crippen molar-refractivity contribution in [3.8, 4) is 11.8 Å². The quantitative estimate of drug-likeness (QED) is 0.624. The molecule has 0 unspecified atom stereocenters. The molecule has 0 aromatic carbocycles. The molecule has 2 heterocycles. The van der Waals surface area contributed by atoms with Crippen LogP contribution in [0.1, 0.15) is 0 Å². The van der Waals surface area contributed by atoms with Crippen molar-refractivity contribution >= 4 is 46.4 Å². The molecule has 0 saturated heterocycles. The lowest BCUT2D eigenvalue weighted by Gasteiger charge is -2.28. The highest BCUT2D eigenvalue weighted by molar-refractivity contribution is 6.50. The zero-order valence-corrected chi connectivity index (χ0v) is 14.7. The zero-order chi connectivity index (χ0) is 16.8. The van der Waals surface area contributed by atoms with Crippen molar-refractivity contribution in [1.82, 2.24) is 9.97 Å². The van der Waals surface area contributed by atoms with Gasteiger partial charge in [0.1, 0.15) is 13.2 Å². The average molecular weight is 398 g/mol. The van der Waals surface area contributed by atoms with Crippen LogP contribution in [0.5, 0.6) is 11.8 Å². The molecule has 0 aliphatic carbocycles. The predicted molar refractivity (Wildman–Crippen MR) is 89.4 cm³/mol. The number of hydrogen-bond donors (Lipinski definition) is 0. The molecule has 124 valence electrons. The molecule has 2 aromatic heterocycles. The fourth-order valence-corrected chi connectivity index (χ4v) is 2.36. The number of alkyl halides is 4. The van der Waals surface area contributed by atoms with Crippen LogP contribution in [0.2, 0.25) is 0 Å². The van der Waals surface area contributed by atoms with E-state index in [1.165, 1.54) is 0 Å². The van der Waals surface area contributed by atoms with Gasteiger partial charge in [-0.1, -0.05) is 58.5 Å². The van der Waals surface area contributed by atoms with Crippen LogP contribution in [0, 0.1) is 0 Å². The van der Waals surface area contributed by atoms with Crippen molar-refractivity contribution in [3.63, 3.8) is 0 Å². The monoisotopic (exact) mass is 396 g/mol. The van der Waals surface area contributed by atoms with E-state index in [0.717, 1.165) is 0 Å². The van der Waals surface area contributed by atoms with E-state index < -0.39 is 9.04 Å². The van der Waals surface area contributed by atoms with Gasteiger partial charge in [0.05, 0.1) is 0 Å². The highest BCUT2D eigenvalue weighted by atomic mass is 35.5. The molecule has 23 heavy (non-hydrogen) atoms. The molecule has 5 nitrogen and oxygen atoms in total. The Hall–Kier alpha value is -0.980. The van der Waals surface area contributed by atoms with Gasteiger partial charge in [0.25, 0.3) is 9.04 Å². The lowest BCUT2D eigenvalue weighted by atomic mass is 10.5. The van der Waals surface area contributed by atoms with Gasteiger partial charge in [-0.2, -0.15) is 0 Å². The van der Waals surface area contributed by atoms with E-state index in [2.05, 4.69) is 9.97 Å². The summed E-state index contributed by atoms with van der Waals surface area (Å²) >= 11 is 24.0. The topological polar surface area (TPSA) is 53.5 Å². The van der Waals surface area contributed by atoms with Crippen molar-refractivity contribution in [2.24, 2.45) is 0 Å². The third-order valence-corrected chi connectivity index (χ3v) is 3.10. The molecule has 9 heteroatoms. The molecule has 2 aromatic rings. The average Bonchev–Trinajstić information content (AvgIpc) is 2.52. The van der Waals surface area contributed by atoms with E-state index in [-0.39, 0.29) is 13.2 Å². The SMILES string of the molecule is ClC(Cl)(COc1ccccn1)OC(Cl)(Cl)COc1ccccn1. The summed E-state index contributed by atoms with van der Waals surface area (Å²) in [5, 5.41) is 0. The fourth-order valence-electron chi connectivity index (χ4n) is 1.46. The normalized spacial score (nSPS) is 12.0. The lowest BCUT2D eigenvalue weighted by molar-refractivity contribution is -0.0192. The van der Waals surface area contributed by atoms with Crippen LogP contribution in [-0.4, -0.2) is 32.2 Å². The summed E-state index contributed by atoms with van der Waals surface area (Å²) in [5.74, 6) is 0.669. The molecule has 0 fully saturated rings. The first kappa shape index (κ1) is 18.4. The first-order valence-electron chi connectivity index (χ1n) is 6.40. The number of hydrogen-bond acceptors (Lipinski definition) is 5. The molecule has 0 saturated carbocycles. The molecule has 2 rings (SSSR count). The van der Waals surface area contributed by atoms with Crippen LogP contribution in [0.4, 0.5) is 0 Å². The highest BCUT2D eigenvalue weighted by Crippen LogP contribution is 2.35. The Labute approximate surface area is 153 Å². The third kappa shape index (κ3) is 6.97. The first-order valence-corrected chi connectivity index (χ1v) is 7.91. The van der Waals surface area contributed by atoms with Gasteiger partial charge in [-0.15, -0.1) is 0 Å². The van der Waals surface area contributed by atoms with Crippen molar-refractivity contribution < 1.29 is 14.2 Å². The van der Waals surface area contributed by atoms with Gasteiger partial charge < -0.3 is 14.2 Å². The second-order valence-electron chi connectivity index (χ2n) is 4.29. The highest BCUT2D eigenvalue weighted by Gasteiger charge is 2.39. The van der Waals surface area contributed by atoms with E-state index in [1.807, 2.05) is 0 Å². The first-order chi connectivity index (χ1) is 10.9. The summed E-state index contributed by atoms with van der Waals surface area (Å²) in [6, 6.07) is 10.3. The Morgan fingerprint density at radius 3 is 1.52 bits per heavy atom. The third-order valence-electron chi connectivity index (χ3n) is 2.35. The second-order valence-corrected chi connectivity index (χ2v) is 7.12. The van der Waals surface area contributed by atoms with E-state index in [1.54, 1.807) is 48.8 Å². The summed E-state index contributed by atoms with van der Waals surface area (Å²) in [5.41, 5.74) is 0. The smallest absolute Gasteiger partial charge is 0.254 e. The molecular weight excluding hydrogens is 386 g/mol. The molecule has 0 amide bonds. The zero-order valence-electron chi connectivity index (χ0n) is 11.7. The van der Waals surface area contributed by atoms with Crippen molar-refractivity contribution in [2.75, 3.05) is 13.2 Å². The molecule has 0 spiro atoms. The number of ether oxygens (including phenoxy) is 3. The van der Waals surface area contributed by atoms with Gasteiger partial charge in [-0.25, -0.2) is 9.97 Å². The molecule has 0 bridgehead atoms. The number of rotatable bonds is 8. The summed E-state index contributed by atoms with van der Waals surface area (Å²) in [7, 11) is 0. The summed E-state index contributed by atoms with van der Waals surface area (Å²) in [4.78, 5) is 7.92. The fraction of sp³-hybridized carbons (Fsp3) is 0.286. The van der Waals surface area contributed by atoms with Gasteiger partial charge in [0, 0.05) is 24.5 Å². The maximum absolute atomic E-state index is 6.00. The minimum Gasteiger partial charge on any atom is -0.472 e. The van der Waals surface area contributed by atoms with Gasteiger partial charge in [-0.05, 0) is 12.1 Å². The number of pyridine rings is 2. The van der Waals surface area contributed by atoms with Crippen molar-refractivity contribution in [3.05, 3.63) is 48.8 Å². The molecule has 0 aliphatic rings. The Bertz CT molecular complexity index is 546. The van der Waals surface area contributed by atoms with E-state index in [0.29, 0.717) is 11.8 Å². The molecule has 0 N–H and O–H groups in total. The molecule has 0 radical (unpaired) electrons. The van der Waals surface area contributed by atoms with Crippen LogP contribution >= 0.6 is 46.4 Å². The lowest BCUT2D eigenvalue weighted by Crippen LogP contribution is -2.38. The molecule has 0 aliphatic heterocycles. The van der Waals surface area contributed by atoms with Crippen LogP contribution in [0.3, 0.4) is 0 Å². The van der Waals surface area contributed by atoms with Crippen LogP contribution in [0.15, 0.2) is 48.8 Å². The Kier molecular flexibility index (Phi) is 6.56. The largest absolute Gasteiger partial charge is 0.472 e. The summed E-state index contributed by atoms with van der Waals surface area (Å²) in [6.45, 7) is -0.476. The minimum atomic E-state index is -1.80. The Morgan fingerprint density at radius 2 is 1.17 bits per heavy atom. The van der Waals surface area contributed by atoms with Crippen molar-refractivity contribution in [2.45, 2.75) is 9.04 Å². The van der Waals surface area contributed by atoms with E-state index >= 15 is 0 Å². The second kappa shape index (κ2) is 8.22. The van der Waals surface area contributed by atoms with Gasteiger partial charge in [0.15, 0.2) is 0 Å². The Morgan fingerprint density at radius 1 is 0.739 bits per heavy atom. The van der Waals surface area contributed by atoms with E-state index in [4.69, 9.17) is 60.6 Å². The van der Waals surface area contributed by atoms with Crippen LogP contribution in [-0.2, 0) is 4.74 Å². The van der Waals surface area contributed by atoms with Gasteiger partial charge in [-0.3, -0.25) is 0 Å². The van der Waals surface area contributed by atoms with Gasteiger partial charge >= 0.3 is 0 Å². The summed E-state index contributed by atoms with van der Waals surface area (Å²) < 4.78 is 12.2. The molecular formula is C14H12Cl4N2O3. The standard InChI is InChI=1S/C14H12Cl4N2O3/c15-13(16,9-21-11-5-1-3-7-19-11)23-14(17,18)10-22-12-6-2-4-8-20-12/h1-8H,9-10H2. The van der Waals surface area contributed by atoms with E-state index in [9.17, 15) is 0 Å². The molecule has 0 atom stereocenters. The maximum Gasteiger partial charge on any atom is 0.254 e. The predicted octanol–water partition coefficient (Wildman–Crippen LogP) is 4.21. The van der Waals surface area contributed by atoms with Crippen LogP contribution < -0.4 is 9.47 Å². The minimum absolute atomic E-state index is 0.238. The maximum atomic E-state index is 6.00. The van der Waals surface area contributed by atoms with Crippen LogP contribution in [0.25, 0.3) is 0 Å². The number of aromatic nitrogens is 2. The number of nitrogens with zero attached hydrogens (tertiary/aromatic N) is 2. The van der Waals surface area contributed by atoms with Gasteiger partial charge in [0.2, 0.25) is 11.8 Å².